The normalized spacial score (nSPS) is 13.8. The van der Waals surface area contributed by atoms with Gasteiger partial charge in [-0.2, -0.15) is 0 Å². The Morgan fingerprint density at radius 3 is 2.25 bits per heavy atom. The molecule has 2 aromatic rings. The van der Waals surface area contributed by atoms with Gasteiger partial charge < -0.3 is 20.9 Å². The van der Waals surface area contributed by atoms with E-state index >= 15 is 0 Å². The third-order valence-electron chi connectivity index (χ3n) is 4.57. The van der Waals surface area contributed by atoms with E-state index < -0.39 is 0 Å². The number of nitrogen functional groups attached to an aromatic ring is 1. The van der Waals surface area contributed by atoms with Crippen LogP contribution in [0.4, 0.5) is 11.4 Å². The molecule has 1 aliphatic heterocycles. The number of rotatable bonds is 4. The number of carbonyl (C=O) groups is 2. The van der Waals surface area contributed by atoms with Crippen LogP contribution in [0.1, 0.15) is 15.9 Å². The van der Waals surface area contributed by atoms with E-state index in [-0.39, 0.29) is 36.6 Å². The first-order chi connectivity index (χ1) is 12.5. The molecule has 1 aliphatic rings. The van der Waals surface area contributed by atoms with Crippen molar-refractivity contribution in [3.63, 3.8) is 0 Å². The summed E-state index contributed by atoms with van der Waals surface area (Å²) in [5, 5.41) is 2.84. The van der Waals surface area contributed by atoms with Gasteiger partial charge >= 0.3 is 0 Å². The first-order valence-electron chi connectivity index (χ1n) is 8.73. The summed E-state index contributed by atoms with van der Waals surface area (Å²) in [7, 11) is 2.07. The molecule has 1 saturated heterocycles. The third-order valence-corrected chi connectivity index (χ3v) is 4.57. The van der Waals surface area contributed by atoms with E-state index in [2.05, 4.69) is 17.3 Å². The molecule has 3 rings (SSSR count). The van der Waals surface area contributed by atoms with Gasteiger partial charge in [0.2, 0.25) is 5.91 Å². The Balaban J connectivity index is 0.00000196. The Hall–Kier alpha value is -2.28. The maximum absolute atomic E-state index is 12.4. The fourth-order valence-corrected chi connectivity index (χ4v) is 2.93. The smallest absolute Gasteiger partial charge is 0.255 e. The number of nitrogens with zero attached hydrogens (tertiary/aromatic N) is 2. The summed E-state index contributed by atoms with van der Waals surface area (Å²) in [6.45, 7) is 3.40. The molecule has 0 aliphatic carbocycles. The Labute approximate surface area is 177 Å². The van der Waals surface area contributed by atoms with Crippen molar-refractivity contribution in [3.8, 4) is 0 Å². The lowest BCUT2D eigenvalue weighted by Crippen LogP contribution is -2.47. The first kappa shape index (κ1) is 23.8. The minimum atomic E-state index is -0.210. The van der Waals surface area contributed by atoms with Crippen LogP contribution in [0, 0.1) is 0 Å². The highest BCUT2D eigenvalue weighted by molar-refractivity contribution is 6.04. The average Bonchev–Trinajstić information content (AvgIpc) is 2.64. The second kappa shape index (κ2) is 10.9. The Bertz CT molecular complexity index is 791. The first-order valence-corrected chi connectivity index (χ1v) is 8.73. The molecule has 0 bridgehead atoms. The van der Waals surface area contributed by atoms with Crippen LogP contribution in [-0.4, -0.2) is 54.8 Å². The van der Waals surface area contributed by atoms with Crippen LogP contribution in [0.15, 0.2) is 48.5 Å². The number of benzene rings is 2. The van der Waals surface area contributed by atoms with Gasteiger partial charge in [-0.25, -0.2) is 0 Å². The van der Waals surface area contributed by atoms with Gasteiger partial charge in [-0.1, -0.05) is 18.2 Å². The van der Waals surface area contributed by atoms with Crippen molar-refractivity contribution in [1.82, 2.24) is 9.80 Å². The predicted octanol–water partition coefficient (Wildman–Crippen LogP) is 2.68. The largest absolute Gasteiger partial charge is 0.399 e. The number of anilines is 2. The topological polar surface area (TPSA) is 78.7 Å². The minimum absolute atomic E-state index is 0. The molecule has 0 radical (unpaired) electrons. The molecule has 1 fully saturated rings. The predicted molar refractivity (Wildman–Crippen MR) is 118 cm³/mol. The number of carbonyl (C=O) groups excluding carboxylic acids is 2. The summed E-state index contributed by atoms with van der Waals surface area (Å²) in [5.41, 5.74) is 8.40. The number of halogens is 2. The van der Waals surface area contributed by atoms with Crippen LogP contribution in [0.5, 0.6) is 0 Å². The molecule has 28 heavy (non-hydrogen) atoms. The van der Waals surface area contributed by atoms with E-state index in [1.807, 2.05) is 29.2 Å². The summed E-state index contributed by atoms with van der Waals surface area (Å²) >= 11 is 0. The van der Waals surface area contributed by atoms with E-state index in [9.17, 15) is 9.59 Å². The number of hydrogen-bond donors (Lipinski definition) is 2. The summed E-state index contributed by atoms with van der Waals surface area (Å²) in [4.78, 5) is 28.7. The van der Waals surface area contributed by atoms with Gasteiger partial charge in [-0.15, -0.1) is 24.8 Å². The summed E-state index contributed by atoms with van der Waals surface area (Å²) in [6, 6.07) is 14.2. The Morgan fingerprint density at radius 2 is 1.64 bits per heavy atom. The van der Waals surface area contributed by atoms with Gasteiger partial charge in [0.15, 0.2) is 0 Å². The van der Waals surface area contributed by atoms with Gasteiger partial charge in [0.1, 0.15) is 0 Å². The molecule has 8 heteroatoms. The van der Waals surface area contributed by atoms with E-state index in [0.717, 1.165) is 31.7 Å². The van der Waals surface area contributed by atoms with Crippen LogP contribution in [-0.2, 0) is 11.2 Å². The molecule has 2 amide bonds. The number of nitrogens with two attached hydrogens (primary N) is 1. The lowest BCUT2D eigenvalue weighted by atomic mass is 10.1. The maximum atomic E-state index is 12.4. The molecule has 1 heterocycles. The average molecular weight is 425 g/mol. The van der Waals surface area contributed by atoms with E-state index in [4.69, 9.17) is 5.73 Å². The second-order valence-corrected chi connectivity index (χ2v) is 6.64. The Morgan fingerprint density at radius 1 is 1.00 bits per heavy atom. The monoisotopic (exact) mass is 424 g/mol. The highest BCUT2D eigenvalue weighted by atomic mass is 35.5. The van der Waals surface area contributed by atoms with E-state index in [0.29, 0.717) is 23.4 Å². The molecule has 0 atom stereocenters. The second-order valence-electron chi connectivity index (χ2n) is 6.64. The molecule has 0 saturated carbocycles. The zero-order valence-electron chi connectivity index (χ0n) is 15.8. The zero-order valence-corrected chi connectivity index (χ0v) is 17.4. The number of nitrogens with one attached hydrogen (secondary N) is 1. The zero-order chi connectivity index (χ0) is 18.5. The van der Waals surface area contributed by atoms with Gasteiger partial charge in [0, 0.05) is 43.1 Å². The minimum Gasteiger partial charge on any atom is -0.399 e. The SMILES string of the molecule is CN1CCN(C(=O)Cc2ccc(NC(=O)c3cccc(N)c3)cc2)CC1.Cl.Cl. The molecule has 152 valence electrons. The highest BCUT2D eigenvalue weighted by Crippen LogP contribution is 2.14. The molecule has 0 aromatic heterocycles. The van der Waals surface area contributed by atoms with Crippen molar-refractivity contribution in [1.29, 1.82) is 0 Å². The molecule has 2 aromatic carbocycles. The lowest BCUT2D eigenvalue weighted by molar-refractivity contribution is -0.132. The van der Waals surface area contributed by atoms with Crippen LogP contribution in [0.3, 0.4) is 0 Å². The van der Waals surface area contributed by atoms with Crippen LogP contribution in [0.25, 0.3) is 0 Å². The molecule has 0 spiro atoms. The standard InChI is InChI=1S/C20H24N4O2.2ClH/c1-23-9-11-24(12-10-23)19(25)13-15-5-7-18(8-6-15)22-20(26)16-3-2-4-17(21)14-16;;/h2-8,14H,9-13,21H2,1H3,(H,22,26);2*1H. The van der Waals surface area contributed by atoms with Gasteiger partial charge in [-0.3, -0.25) is 9.59 Å². The van der Waals surface area contributed by atoms with Gasteiger partial charge in [0.25, 0.3) is 5.91 Å². The summed E-state index contributed by atoms with van der Waals surface area (Å²) < 4.78 is 0. The maximum Gasteiger partial charge on any atom is 0.255 e. The quantitative estimate of drug-likeness (QED) is 0.739. The van der Waals surface area contributed by atoms with Gasteiger partial charge in [-0.05, 0) is 42.9 Å². The fraction of sp³-hybridized carbons (Fsp3) is 0.300. The number of piperazine rings is 1. The summed E-state index contributed by atoms with van der Waals surface area (Å²) in [6.07, 6.45) is 0.382. The molecular weight excluding hydrogens is 399 g/mol. The van der Waals surface area contributed by atoms with Crippen LogP contribution < -0.4 is 11.1 Å². The number of amides is 2. The highest BCUT2D eigenvalue weighted by Gasteiger charge is 2.19. The fourth-order valence-electron chi connectivity index (χ4n) is 2.93. The van der Waals surface area contributed by atoms with Gasteiger partial charge in [0.05, 0.1) is 6.42 Å². The molecule has 0 unspecified atom stereocenters. The van der Waals surface area contributed by atoms with Crippen LogP contribution in [0.2, 0.25) is 0 Å². The lowest BCUT2D eigenvalue weighted by Gasteiger charge is -2.32. The summed E-state index contributed by atoms with van der Waals surface area (Å²) in [5.74, 6) is -0.0618. The number of hydrogen-bond acceptors (Lipinski definition) is 4. The number of likely N-dealkylation sites (N-methyl/N-ethyl adjacent to an activating group) is 1. The van der Waals surface area contributed by atoms with Crippen LogP contribution >= 0.6 is 24.8 Å². The van der Waals surface area contributed by atoms with Crippen molar-refractivity contribution in [3.05, 3.63) is 59.7 Å². The van der Waals surface area contributed by atoms with E-state index in [1.54, 1.807) is 24.3 Å². The Kier molecular flexibility index (Phi) is 9.25. The molecule has 6 nitrogen and oxygen atoms in total. The van der Waals surface area contributed by atoms with Crippen molar-refractivity contribution in [2.24, 2.45) is 0 Å². The third kappa shape index (κ3) is 6.41. The van der Waals surface area contributed by atoms with Crippen molar-refractivity contribution >= 4 is 48.0 Å². The van der Waals surface area contributed by atoms with E-state index in [1.165, 1.54) is 0 Å². The van der Waals surface area contributed by atoms with Crippen molar-refractivity contribution < 1.29 is 9.59 Å². The van der Waals surface area contributed by atoms with Crippen molar-refractivity contribution in [2.45, 2.75) is 6.42 Å². The molecular formula is C20H26Cl2N4O2. The molecule has 3 N–H and O–H groups in total. The van der Waals surface area contributed by atoms with Crippen molar-refractivity contribution in [2.75, 3.05) is 44.3 Å².